The van der Waals surface area contributed by atoms with Gasteiger partial charge in [-0.3, -0.25) is 0 Å². The van der Waals surface area contributed by atoms with Crippen molar-refractivity contribution in [1.29, 1.82) is 0 Å². The molecule has 0 aromatic rings. The van der Waals surface area contributed by atoms with Crippen molar-refractivity contribution in [2.75, 3.05) is 6.54 Å². The minimum absolute atomic E-state index is 0.00750. The Morgan fingerprint density at radius 1 is 1.19 bits per heavy atom. The first-order valence-corrected chi connectivity index (χ1v) is 5.51. The van der Waals surface area contributed by atoms with E-state index in [4.69, 9.17) is 0 Å². The van der Waals surface area contributed by atoms with Gasteiger partial charge >= 0.3 is 0 Å². The molecule has 2 atom stereocenters. The van der Waals surface area contributed by atoms with Crippen LogP contribution in [0.3, 0.4) is 0 Å². The first kappa shape index (κ1) is 12.8. The van der Waals surface area contributed by atoms with E-state index in [2.05, 4.69) is 30.8 Å². The molecular weight excluding hydrogens is 204 g/mol. The predicted molar refractivity (Wildman–Crippen MR) is 60.6 cm³/mol. The third kappa shape index (κ3) is 3.41. The minimum atomic E-state index is -0.0653. The van der Waals surface area contributed by atoms with E-state index >= 15 is 0 Å². The molecular formula is C12H18N2O2. The van der Waals surface area contributed by atoms with Crippen molar-refractivity contribution >= 4 is 12.2 Å². The number of nitrogens with zero attached hydrogens (tertiary/aromatic N) is 2. The summed E-state index contributed by atoms with van der Waals surface area (Å²) in [6.07, 6.45) is 5.88. The maximum absolute atomic E-state index is 10.3. The molecule has 88 valence electrons. The average molecular weight is 222 g/mol. The summed E-state index contributed by atoms with van der Waals surface area (Å²) in [5, 5.41) is 0. The van der Waals surface area contributed by atoms with Crippen molar-refractivity contribution in [3.05, 3.63) is 0 Å². The molecule has 1 aliphatic rings. The molecule has 0 N–H and O–H groups in total. The lowest BCUT2D eigenvalue weighted by Gasteiger charge is -2.44. The molecule has 16 heavy (non-hydrogen) atoms. The molecule has 0 aliphatic heterocycles. The zero-order chi connectivity index (χ0) is 12.2. The van der Waals surface area contributed by atoms with E-state index in [1.807, 2.05) is 0 Å². The highest BCUT2D eigenvalue weighted by Crippen LogP contribution is 2.47. The molecule has 4 nitrogen and oxygen atoms in total. The van der Waals surface area contributed by atoms with Crippen molar-refractivity contribution < 1.29 is 9.59 Å². The number of carbonyl (C=O) groups excluding carboxylic acids is 2. The topological polar surface area (TPSA) is 58.9 Å². The molecule has 0 spiro atoms. The Balaban J connectivity index is 2.85. The van der Waals surface area contributed by atoms with Gasteiger partial charge in [0.2, 0.25) is 12.2 Å². The van der Waals surface area contributed by atoms with E-state index in [1.54, 1.807) is 12.2 Å². The van der Waals surface area contributed by atoms with Crippen LogP contribution in [0.5, 0.6) is 0 Å². The van der Waals surface area contributed by atoms with Crippen LogP contribution in [0.25, 0.3) is 0 Å². The second-order valence-corrected chi connectivity index (χ2v) is 5.84. The lowest BCUT2D eigenvalue weighted by Crippen LogP contribution is -2.39. The molecule has 0 aromatic heterocycles. The van der Waals surface area contributed by atoms with Gasteiger partial charge in [-0.1, -0.05) is 20.8 Å². The molecule has 0 radical (unpaired) electrons. The van der Waals surface area contributed by atoms with Crippen molar-refractivity contribution in [2.24, 2.45) is 20.8 Å². The van der Waals surface area contributed by atoms with Crippen LogP contribution in [-0.2, 0) is 9.59 Å². The van der Waals surface area contributed by atoms with Gasteiger partial charge < -0.3 is 0 Å². The predicted octanol–water partition coefficient (Wildman–Crippen LogP) is 2.24. The van der Waals surface area contributed by atoms with Crippen molar-refractivity contribution in [2.45, 2.75) is 46.1 Å². The molecule has 0 aromatic carbocycles. The fraction of sp³-hybridized carbons (Fsp3) is 0.833. The third-order valence-electron chi connectivity index (χ3n) is 3.18. The Kier molecular flexibility index (Phi) is 3.79. The van der Waals surface area contributed by atoms with Gasteiger partial charge in [-0.25, -0.2) is 19.6 Å². The highest BCUT2D eigenvalue weighted by molar-refractivity contribution is 5.34. The molecule has 0 saturated heterocycles. The van der Waals surface area contributed by atoms with Crippen LogP contribution >= 0.6 is 0 Å². The lowest BCUT2D eigenvalue weighted by atomic mass is 9.63. The number of hydrogen-bond donors (Lipinski definition) is 0. The first-order valence-electron chi connectivity index (χ1n) is 5.51. The Morgan fingerprint density at radius 2 is 1.88 bits per heavy atom. The molecule has 4 heteroatoms. The van der Waals surface area contributed by atoms with E-state index in [0.717, 1.165) is 19.3 Å². The Bertz CT molecular complexity index is 352. The maximum atomic E-state index is 10.3. The van der Waals surface area contributed by atoms with E-state index in [-0.39, 0.29) is 16.9 Å². The summed E-state index contributed by atoms with van der Waals surface area (Å²) >= 11 is 0. The average Bonchev–Trinajstić information content (AvgIpc) is 2.12. The normalized spacial score (nSPS) is 32.3. The Hall–Kier alpha value is -1.24. The fourth-order valence-electron chi connectivity index (χ4n) is 3.09. The second-order valence-electron chi connectivity index (χ2n) is 5.84. The van der Waals surface area contributed by atoms with Crippen LogP contribution in [0.4, 0.5) is 0 Å². The van der Waals surface area contributed by atoms with Gasteiger partial charge in [0.1, 0.15) is 0 Å². The van der Waals surface area contributed by atoms with Crippen LogP contribution in [0.1, 0.15) is 40.0 Å². The second kappa shape index (κ2) is 4.73. The van der Waals surface area contributed by atoms with Gasteiger partial charge in [0.05, 0.1) is 12.6 Å². The summed E-state index contributed by atoms with van der Waals surface area (Å²) in [6.45, 7) is 6.86. The smallest absolute Gasteiger partial charge is 0.211 e. The molecule has 1 saturated carbocycles. The van der Waals surface area contributed by atoms with Crippen LogP contribution in [0.15, 0.2) is 9.98 Å². The highest BCUT2D eigenvalue weighted by Gasteiger charge is 2.41. The van der Waals surface area contributed by atoms with Crippen molar-refractivity contribution in [3.63, 3.8) is 0 Å². The summed E-state index contributed by atoms with van der Waals surface area (Å²) in [6, 6.07) is 0.00750. The van der Waals surface area contributed by atoms with Gasteiger partial charge in [-0.05, 0) is 30.1 Å². The molecule has 1 unspecified atom stereocenters. The van der Waals surface area contributed by atoms with E-state index in [9.17, 15) is 9.59 Å². The largest absolute Gasteiger partial charge is 0.235 e. The summed E-state index contributed by atoms with van der Waals surface area (Å²) in [5.41, 5.74) is 0.0561. The SMILES string of the molecule is CC1(C)C[C@@H](N=C=O)CC(C)(CN=C=O)C1. The zero-order valence-electron chi connectivity index (χ0n) is 10.1. The van der Waals surface area contributed by atoms with Gasteiger partial charge in [0, 0.05) is 0 Å². The first-order chi connectivity index (χ1) is 7.41. The summed E-state index contributed by atoms with van der Waals surface area (Å²) < 4.78 is 0. The van der Waals surface area contributed by atoms with Gasteiger partial charge in [-0.2, -0.15) is 0 Å². The number of aliphatic imine (C=N–C) groups is 2. The van der Waals surface area contributed by atoms with Crippen LogP contribution in [0.2, 0.25) is 0 Å². The molecule has 1 fully saturated rings. The van der Waals surface area contributed by atoms with Gasteiger partial charge in [0.25, 0.3) is 0 Å². The number of isocyanates is 2. The van der Waals surface area contributed by atoms with E-state index in [1.165, 1.54) is 0 Å². The van der Waals surface area contributed by atoms with Crippen molar-refractivity contribution in [3.8, 4) is 0 Å². The fourth-order valence-corrected chi connectivity index (χ4v) is 3.09. The van der Waals surface area contributed by atoms with E-state index < -0.39 is 0 Å². The maximum Gasteiger partial charge on any atom is 0.235 e. The zero-order valence-corrected chi connectivity index (χ0v) is 10.1. The summed E-state index contributed by atoms with van der Waals surface area (Å²) in [4.78, 5) is 28.0. The highest BCUT2D eigenvalue weighted by atomic mass is 16.1. The lowest BCUT2D eigenvalue weighted by molar-refractivity contribution is 0.0915. The molecule has 0 amide bonds. The molecule has 1 aliphatic carbocycles. The van der Waals surface area contributed by atoms with Crippen LogP contribution in [0, 0.1) is 10.8 Å². The van der Waals surface area contributed by atoms with Gasteiger partial charge in [0.15, 0.2) is 0 Å². The number of rotatable bonds is 3. The molecule has 0 heterocycles. The minimum Gasteiger partial charge on any atom is -0.211 e. The number of hydrogen-bond acceptors (Lipinski definition) is 4. The summed E-state index contributed by atoms with van der Waals surface area (Å²) in [5.74, 6) is 0. The molecule has 1 rings (SSSR count). The third-order valence-corrected chi connectivity index (χ3v) is 3.18. The summed E-state index contributed by atoms with van der Waals surface area (Å²) in [7, 11) is 0. The Morgan fingerprint density at radius 3 is 2.44 bits per heavy atom. The monoisotopic (exact) mass is 222 g/mol. The standard InChI is InChI=1S/C12H18N2O2/c1-11(2)4-10(14-9-16)5-12(3,6-11)7-13-8-15/h10H,4-7H2,1-3H3/t10-,12?/m1/s1. The van der Waals surface area contributed by atoms with E-state index in [0.29, 0.717) is 6.54 Å². The quantitative estimate of drug-likeness (QED) is 0.543. The van der Waals surface area contributed by atoms with Crippen LogP contribution < -0.4 is 0 Å². The molecule has 0 bridgehead atoms. The van der Waals surface area contributed by atoms with Crippen LogP contribution in [-0.4, -0.2) is 24.7 Å². The van der Waals surface area contributed by atoms with Crippen molar-refractivity contribution in [1.82, 2.24) is 0 Å². The van der Waals surface area contributed by atoms with Gasteiger partial charge in [-0.15, -0.1) is 0 Å². The Labute approximate surface area is 95.9 Å².